The van der Waals surface area contributed by atoms with Gasteiger partial charge in [0.1, 0.15) is 5.82 Å². The van der Waals surface area contributed by atoms with Gasteiger partial charge < -0.3 is 15.4 Å². The largest absolute Gasteiger partial charge is 0.465 e. The van der Waals surface area contributed by atoms with Gasteiger partial charge in [-0.05, 0) is 48.9 Å². The minimum atomic E-state index is -0.574. The number of amides is 1. The van der Waals surface area contributed by atoms with Crippen LogP contribution in [0.15, 0.2) is 36.4 Å². The lowest BCUT2D eigenvalue weighted by atomic mass is 10.1. The molecular formula is C18H17Cl2FN2O3. The minimum absolute atomic E-state index is 0.0134. The number of nitrogens with one attached hydrogen (secondary N) is 2. The van der Waals surface area contributed by atoms with Gasteiger partial charge >= 0.3 is 5.97 Å². The van der Waals surface area contributed by atoms with Crippen LogP contribution in [0, 0.1) is 5.82 Å². The van der Waals surface area contributed by atoms with E-state index in [4.69, 9.17) is 23.2 Å². The summed E-state index contributed by atoms with van der Waals surface area (Å²) < 4.78 is 18.2. The summed E-state index contributed by atoms with van der Waals surface area (Å²) in [7, 11) is 1.30. The van der Waals surface area contributed by atoms with E-state index in [9.17, 15) is 14.0 Å². The first-order chi connectivity index (χ1) is 12.3. The Balaban J connectivity index is 1.92. The number of halogens is 3. The molecule has 2 N–H and O–H groups in total. The van der Waals surface area contributed by atoms with E-state index in [0.29, 0.717) is 21.8 Å². The number of benzene rings is 2. The maximum Gasteiger partial charge on any atom is 0.337 e. The number of methoxy groups -OCH3 is 1. The van der Waals surface area contributed by atoms with Crippen molar-refractivity contribution in [3.05, 3.63) is 63.4 Å². The van der Waals surface area contributed by atoms with Gasteiger partial charge in [0.15, 0.2) is 0 Å². The van der Waals surface area contributed by atoms with Gasteiger partial charge in [0, 0.05) is 16.8 Å². The van der Waals surface area contributed by atoms with Gasteiger partial charge in [-0.3, -0.25) is 4.79 Å². The molecule has 26 heavy (non-hydrogen) atoms. The van der Waals surface area contributed by atoms with Crippen LogP contribution in [0.25, 0.3) is 0 Å². The molecule has 138 valence electrons. The molecule has 5 nitrogen and oxygen atoms in total. The number of anilines is 1. The van der Waals surface area contributed by atoms with Crippen LogP contribution in [0.4, 0.5) is 10.1 Å². The second-order valence-corrected chi connectivity index (χ2v) is 6.32. The van der Waals surface area contributed by atoms with E-state index >= 15 is 0 Å². The number of carbonyl (C=O) groups is 2. The monoisotopic (exact) mass is 398 g/mol. The Kier molecular flexibility index (Phi) is 6.97. The van der Waals surface area contributed by atoms with Crippen molar-refractivity contribution in [2.75, 3.05) is 19.0 Å². The Bertz CT molecular complexity index is 813. The molecule has 0 fully saturated rings. The molecule has 1 amide bonds. The van der Waals surface area contributed by atoms with E-state index in [-0.39, 0.29) is 23.5 Å². The lowest BCUT2D eigenvalue weighted by Crippen LogP contribution is -2.30. The van der Waals surface area contributed by atoms with Crippen molar-refractivity contribution in [3.63, 3.8) is 0 Å². The Morgan fingerprint density at radius 1 is 1.15 bits per heavy atom. The van der Waals surface area contributed by atoms with Crippen LogP contribution in [-0.2, 0) is 9.53 Å². The first-order valence-electron chi connectivity index (χ1n) is 7.68. The predicted octanol–water partition coefficient (Wildman–Crippen LogP) is 4.21. The highest BCUT2D eigenvalue weighted by molar-refractivity contribution is 6.35. The SMILES string of the molecule is COC(=O)c1ccc(NC(=O)CN[C@@H](C)c2cc(F)c(Cl)cc2Cl)cc1. The van der Waals surface area contributed by atoms with Gasteiger partial charge in [0.2, 0.25) is 5.91 Å². The van der Waals surface area contributed by atoms with Crippen LogP contribution < -0.4 is 10.6 Å². The second-order valence-electron chi connectivity index (χ2n) is 5.51. The quantitative estimate of drug-likeness (QED) is 0.564. The molecular weight excluding hydrogens is 382 g/mol. The summed E-state index contributed by atoms with van der Waals surface area (Å²) in [6.07, 6.45) is 0. The van der Waals surface area contributed by atoms with Gasteiger partial charge in [0.25, 0.3) is 0 Å². The van der Waals surface area contributed by atoms with Crippen LogP contribution in [0.2, 0.25) is 10.0 Å². The van der Waals surface area contributed by atoms with Gasteiger partial charge in [-0.25, -0.2) is 9.18 Å². The standard InChI is InChI=1S/C18H17Cl2FN2O3/c1-10(13-7-16(21)15(20)8-14(13)19)22-9-17(24)23-12-5-3-11(4-6-12)18(25)26-2/h3-8,10,22H,9H2,1-2H3,(H,23,24)/t10-/m0/s1. The Morgan fingerprint density at radius 2 is 1.81 bits per heavy atom. The number of carbonyl (C=O) groups excluding carboxylic acids is 2. The van der Waals surface area contributed by atoms with E-state index < -0.39 is 11.8 Å². The molecule has 0 unspecified atom stereocenters. The van der Waals surface area contributed by atoms with Gasteiger partial charge in [-0.1, -0.05) is 23.2 Å². The van der Waals surface area contributed by atoms with E-state index in [0.717, 1.165) is 0 Å². The molecule has 0 saturated heterocycles. The first-order valence-corrected chi connectivity index (χ1v) is 8.43. The zero-order valence-corrected chi connectivity index (χ0v) is 15.6. The van der Waals surface area contributed by atoms with Crippen LogP contribution in [0.5, 0.6) is 0 Å². The third kappa shape index (κ3) is 5.17. The third-order valence-electron chi connectivity index (χ3n) is 3.66. The normalized spacial score (nSPS) is 11.7. The smallest absolute Gasteiger partial charge is 0.337 e. The van der Waals surface area contributed by atoms with E-state index in [1.165, 1.54) is 19.2 Å². The Morgan fingerprint density at radius 3 is 2.42 bits per heavy atom. The van der Waals surface area contributed by atoms with Crippen molar-refractivity contribution < 1.29 is 18.7 Å². The molecule has 0 heterocycles. The van der Waals surface area contributed by atoms with Crippen LogP contribution in [-0.4, -0.2) is 25.5 Å². The van der Waals surface area contributed by atoms with E-state index in [1.54, 1.807) is 31.2 Å². The fraction of sp³-hybridized carbons (Fsp3) is 0.222. The van der Waals surface area contributed by atoms with Crippen molar-refractivity contribution in [1.29, 1.82) is 0 Å². The van der Waals surface area contributed by atoms with Crippen molar-refractivity contribution in [2.45, 2.75) is 13.0 Å². The molecule has 0 radical (unpaired) electrons. The van der Waals surface area contributed by atoms with E-state index in [1.807, 2.05) is 0 Å². The summed E-state index contributed by atoms with van der Waals surface area (Å²) in [6, 6.07) is 8.50. The van der Waals surface area contributed by atoms with E-state index in [2.05, 4.69) is 15.4 Å². The average Bonchev–Trinajstić information content (AvgIpc) is 2.62. The third-order valence-corrected chi connectivity index (χ3v) is 4.28. The van der Waals surface area contributed by atoms with Crippen molar-refractivity contribution in [2.24, 2.45) is 0 Å². The first kappa shape index (κ1) is 20.2. The average molecular weight is 399 g/mol. The lowest BCUT2D eigenvalue weighted by Gasteiger charge is -2.16. The van der Waals surface area contributed by atoms with Gasteiger partial charge in [0.05, 0.1) is 24.2 Å². The summed E-state index contributed by atoms with van der Waals surface area (Å²) in [5, 5.41) is 5.91. The maximum absolute atomic E-state index is 13.6. The molecule has 0 saturated carbocycles. The number of hydrogen-bond donors (Lipinski definition) is 2. The number of hydrogen-bond acceptors (Lipinski definition) is 4. The maximum atomic E-state index is 13.6. The molecule has 0 spiro atoms. The molecule has 0 aliphatic carbocycles. The fourth-order valence-corrected chi connectivity index (χ4v) is 2.79. The molecule has 0 aromatic heterocycles. The predicted molar refractivity (Wildman–Crippen MR) is 99.2 cm³/mol. The number of rotatable bonds is 6. The lowest BCUT2D eigenvalue weighted by molar-refractivity contribution is -0.115. The molecule has 0 bridgehead atoms. The van der Waals surface area contributed by atoms with Crippen molar-refractivity contribution in [3.8, 4) is 0 Å². The summed E-state index contributed by atoms with van der Waals surface area (Å²) in [6.45, 7) is 1.74. The van der Waals surface area contributed by atoms with Crippen molar-refractivity contribution in [1.82, 2.24) is 5.32 Å². The highest BCUT2D eigenvalue weighted by Crippen LogP contribution is 2.28. The minimum Gasteiger partial charge on any atom is -0.465 e. The molecule has 2 rings (SSSR count). The van der Waals surface area contributed by atoms with Crippen LogP contribution >= 0.6 is 23.2 Å². The summed E-state index contributed by atoms with van der Waals surface area (Å²) >= 11 is 11.7. The summed E-state index contributed by atoms with van der Waals surface area (Å²) in [4.78, 5) is 23.4. The molecule has 2 aromatic rings. The van der Waals surface area contributed by atoms with Crippen molar-refractivity contribution >= 4 is 40.8 Å². The Hall–Kier alpha value is -2.15. The second kappa shape index (κ2) is 8.98. The zero-order chi connectivity index (χ0) is 19.3. The van der Waals surface area contributed by atoms with Gasteiger partial charge in [-0.15, -0.1) is 0 Å². The topological polar surface area (TPSA) is 67.4 Å². The molecule has 2 aromatic carbocycles. The van der Waals surface area contributed by atoms with Crippen LogP contribution in [0.1, 0.15) is 28.9 Å². The Labute approximate surface area is 160 Å². The molecule has 0 aliphatic heterocycles. The van der Waals surface area contributed by atoms with Crippen LogP contribution in [0.3, 0.4) is 0 Å². The molecule has 1 atom stereocenters. The highest BCUT2D eigenvalue weighted by atomic mass is 35.5. The molecule has 8 heteroatoms. The summed E-state index contributed by atoms with van der Waals surface area (Å²) in [5.41, 5.74) is 1.42. The van der Waals surface area contributed by atoms with Gasteiger partial charge in [-0.2, -0.15) is 0 Å². The zero-order valence-electron chi connectivity index (χ0n) is 14.1. The number of ether oxygens (including phenoxy) is 1. The molecule has 0 aliphatic rings. The fourth-order valence-electron chi connectivity index (χ4n) is 2.24. The number of esters is 1. The highest BCUT2D eigenvalue weighted by Gasteiger charge is 2.14. The summed E-state index contributed by atoms with van der Waals surface area (Å²) in [5.74, 6) is -1.33.